The Labute approximate surface area is 70.7 Å². The van der Waals surface area contributed by atoms with Gasteiger partial charge in [-0.3, -0.25) is 9.59 Å². The molecule has 0 aromatic heterocycles. The number of carboxylic acid groups (broad SMARTS) is 1. The van der Waals surface area contributed by atoms with Gasteiger partial charge in [-0.15, -0.1) is 0 Å². The fourth-order valence-corrected chi connectivity index (χ4v) is 0.789. The Balaban J connectivity index is 4.61. The molecule has 1 amide bonds. The predicted molar refractivity (Wildman–Crippen MR) is 41.7 cm³/mol. The second-order valence-corrected chi connectivity index (χ2v) is 2.65. The average molecular weight is 175 g/mol. The highest BCUT2D eigenvalue weighted by molar-refractivity contribution is 6.01. The molecule has 1 unspecified atom stereocenters. The van der Waals surface area contributed by atoms with Crippen LogP contribution < -0.4 is 5.32 Å². The zero-order chi connectivity index (χ0) is 9.78. The number of nitrogens with one attached hydrogen (secondary N) is 1. The number of methoxy groups -OCH3 is 1. The number of ether oxygens (including phenoxy) is 1. The quantitative estimate of drug-likeness (QED) is 0.563. The molecule has 0 aliphatic heterocycles. The van der Waals surface area contributed by atoms with Crippen LogP contribution in [0.25, 0.3) is 0 Å². The van der Waals surface area contributed by atoms with E-state index in [-0.39, 0.29) is 6.61 Å². The van der Waals surface area contributed by atoms with Gasteiger partial charge < -0.3 is 15.2 Å². The highest BCUT2D eigenvalue weighted by atomic mass is 16.5. The first-order valence-electron chi connectivity index (χ1n) is 3.43. The number of carboxylic acids is 1. The van der Waals surface area contributed by atoms with Crippen molar-refractivity contribution in [3.05, 3.63) is 0 Å². The Kier molecular flexibility index (Phi) is 3.69. The van der Waals surface area contributed by atoms with Crippen molar-refractivity contribution in [3.63, 3.8) is 0 Å². The SMILES string of the molecule is CNC(=O)C(C)(COC)C(=O)O. The van der Waals surface area contributed by atoms with Crippen LogP contribution in [0.3, 0.4) is 0 Å². The molecular formula is C7H13NO4. The van der Waals surface area contributed by atoms with E-state index in [2.05, 4.69) is 10.1 Å². The summed E-state index contributed by atoms with van der Waals surface area (Å²) in [6.07, 6.45) is 0. The normalized spacial score (nSPS) is 14.9. The van der Waals surface area contributed by atoms with Gasteiger partial charge in [0.1, 0.15) is 0 Å². The summed E-state index contributed by atoms with van der Waals surface area (Å²) in [5.74, 6) is -1.75. The fraction of sp³-hybridized carbons (Fsp3) is 0.714. The van der Waals surface area contributed by atoms with Crippen LogP contribution in [-0.2, 0) is 14.3 Å². The van der Waals surface area contributed by atoms with Gasteiger partial charge in [-0.1, -0.05) is 0 Å². The first kappa shape index (κ1) is 10.9. The summed E-state index contributed by atoms with van der Waals surface area (Å²) >= 11 is 0. The van der Waals surface area contributed by atoms with E-state index in [9.17, 15) is 9.59 Å². The zero-order valence-electron chi connectivity index (χ0n) is 7.38. The molecule has 2 N–H and O–H groups in total. The minimum atomic E-state index is -1.50. The third kappa shape index (κ3) is 1.94. The summed E-state index contributed by atoms with van der Waals surface area (Å²) < 4.78 is 4.65. The van der Waals surface area contributed by atoms with Crippen molar-refractivity contribution < 1.29 is 19.4 Å². The van der Waals surface area contributed by atoms with E-state index in [0.717, 1.165) is 0 Å². The molecule has 0 aromatic rings. The molecular weight excluding hydrogens is 162 g/mol. The second kappa shape index (κ2) is 4.06. The van der Waals surface area contributed by atoms with Crippen molar-refractivity contribution in [2.24, 2.45) is 5.41 Å². The van der Waals surface area contributed by atoms with Crippen LogP contribution in [0.1, 0.15) is 6.92 Å². The van der Waals surface area contributed by atoms with Crippen LogP contribution >= 0.6 is 0 Å². The number of amides is 1. The van der Waals surface area contributed by atoms with Crippen molar-refractivity contribution in [3.8, 4) is 0 Å². The van der Waals surface area contributed by atoms with Gasteiger partial charge in [-0.2, -0.15) is 0 Å². The summed E-state index contributed by atoms with van der Waals surface area (Å²) in [5.41, 5.74) is -1.50. The molecule has 0 aromatic carbocycles. The van der Waals surface area contributed by atoms with E-state index in [1.54, 1.807) is 0 Å². The van der Waals surface area contributed by atoms with Crippen LogP contribution in [0.15, 0.2) is 0 Å². The smallest absolute Gasteiger partial charge is 0.321 e. The number of rotatable bonds is 4. The highest BCUT2D eigenvalue weighted by Gasteiger charge is 2.40. The molecule has 70 valence electrons. The maximum absolute atomic E-state index is 11.1. The summed E-state index contributed by atoms with van der Waals surface area (Å²) in [4.78, 5) is 21.8. The monoisotopic (exact) mass is 175 g/mol. The molecule has 12 heavy (non-hydrogen) atoms. The largest absolute Gasteiger partial charge is 0.480 e. The molecule has 5 nitrogen and oxygen atoms in total. The van der Waals surface area contributed by atoms with Gasteiger partial charge in [-0.25, -0.2) is 0 Å². The molecule has 0 spiro atoms. The van der Waals surface area contributed by atoms with E-state index in [1.807, 2.05) is 0 Å². The lowest BCUT2D eigenvalue weighted by Crippen LogP contribution is -2.46. The Morgan fingerprint density at radius 1 is 1.58 bits per heavy atom. The van der Waals surface area contributed by atoms with E-state index in [4.69, 9.17) is 5.11 Å². The summed E-state index contributed by atoms with van der Waals surface area (Å²) in [7, 11) is 2.74. The van der Waals surface area contributed by atoms with Gasteiger partial charge in [-0.05, 0) is 6.92 Å². The van der Waals surface area contributed by atoms with Crippen molar-refractivity contribution >= 4 is 11.9 Å². The summed E-state index contributed by atoms with van der Waals surface area (Å²) in [6, 6.07) is 0. The Bertz CT molecular complexity index is 192. The molecule has 0 bridgehead atoms. The third-order valence-electron chi connectivity index (χ3n) is 1.63. The second-order valence-electron chi connectivity index (χ2n) is 2.65. The number of carbonyl (C=O) groups excluding carboxylic acids is 1. The van der Waals surface area contributed by atoms with E-state index in [1.165, 1.54) is 21.1 Å². The van der Waals surface area contributed by atoms with Crippen molar-refractivity contribution in [2.45, 2.75) is 6.92 Å². The lowest BCUT2D eigenvalue weighted by molar-refractivity contribution is -0.157. The van der Waals surface area contributed by atoms with E-state index < -0.39 is 17.3 Å². The first-order chi connectivity index (χ1) is 5.49. The fourth-order valence-electron chi connectivity index (χ4n) is 0.789. The molecule has 0 fully saturated rings. The van der Waals surface area contributed by atoms with Crippen LogP contribution in [0.4, 0.5) is 0 Å². The maximum Gasteiger partial charge on any atom is 0.321 e. The molecule has 0 heterocycles. The standard InChI is InChI=1S/C7H13NO4/c1-7(4-12-3,6(10)11)5(9)8-2/h4H2,1-3H3,(H,8,9)(H,10,11). The van der Waals surface area contributed by atoms with Crippen molar-refractivity contribution in [1.82, 2.24) is 5.32 Å². The highest BCUT2D eigenvalue weighted by Crippen LogP contribution is 2.16. The van der Waals surface area contributed by atoms with Crippen LogP contribution in [0.2, 0.25) is 0 Å². The van der Waals surface area contributed by atoms with Gasteiger partial charge in [0.25, 0.3) is 0 Å². The number of hydrogen-bond acceptors (Lipinski definition) is 3. The summed E-state index contributed by atoms with van der Waals surface area (Å²) in [6.45, 7) is 1.18. The molecule has 1 atom stereocenters. The van der Waals surface area contributed by atoms with Crippen LogP contribution in [0.5, 0.6) is 0 Å². The zero-order valence-corrected chi connectivity index (χ0v) is 7.38. The lowest BCUT2D eigenvalue weighted by atomic mass is 9.91. The predicted octanol–water partition coefficient (Wildman–Crippen LogP) is -0.530. The third-order valence-corrected chi connectivity index (χ3v) is 1.63. The van der Waals surface area contributed by atoms with Crippen LogP contribution in [-0.4, -0.2) is 37.7 Å². The number of aliphatic carboxylic acids is 1. The van der Waals surface area contributed by atoms with Gasteiger partial charge in [0, 0.05) is 14.2 Å². The van der Waals surface area contributed by atoms with Gasteiger partial charge in [0.15, 0.2) is 5.41 Å². The van der Waals surface area contributed by atoms with Crippen molar-refractivity contribution in [2.75, 3.05) is 20.8 Å². The molecule has 5 heteroatoms. The Morgan fingerprint density at radius 2 is 2.08 bits per heavy atom. The van der Waals surface area contributed by atoms with Gasteiger partial charge in [0.05, 0.1) is 6.61 Å². The Morgan fingerprint density at radius 3 is 2.33 bits per heavy atom. The number of hydrogen-bond donors (Lipinski definition) is 2. The minimum absolute atomic E-state index is 0.137. The molecule has 0 saturated carbocycles. The molecule has 0 saturated heterocycles. The van der Waals surface area contributed by atoms with Gasteiger partial charge >= 0.3 is 5.97 Å². The lowest BCUT2D eigenvalue weighted by Gasteiger charge is -2.21. The topological polar surface area (TPSA) is 75.6 Å². The maximum atomic E-state index is 11.1. The van der Waals surface area contributed by atoms with Crippen LogP contribution in [0, 0.1) is 5.41 Å². The van der Waals surface area contributed by atoms with Crippen molar-refractivity contribution in [1.29, 1.82) is 0 Å². The van der Waals surface area contributed by atoms with E-state index >= 15 is 0 Å². The molecule has 0 radical (unpaired) electrons. The van der Waals surface area contributed by atoms with Gasteiger partial charge in [0.2, 0.25) is 5.91 Å². The Hall–Kier alpha value is -1.10. The summed E-state index contributed by atoms with van der Waals surface area (Å²) in [5, 5.41) is 11.0. The van der Waals surface area contributed by atoms with E-state index in [0.29, 0.717) is 0 Å². The minimum Gasteiger partial charge on any atom is -0.480 e. The average Bonchev–Trinajstić information content (AvgIpc) is 2.03. The first-order valence-corrected chi connectivity index (χ1v) is 3.43. The molecule has 0 aliphatic rings. The number of carbonyl (C=O) groups is 2. The molecule has 0 aliphatic carbocycles. The molecule has 0 rings (SSSR count).